The van der Waals surface area contributed by atoms with Crippen molar-refractivity contribution in [2.75, 3.05) is 12.0 Å². The fourth-order valence-electron chi connectivity index (χ4n) is 2.85. The molecule has 2 N–H and O–H groups in total. The minimum atomic E-state index is -2.30. The smallest absolute Gasteiger partial charge is 0.243 e. The Morgan fingerprint density at radius 1 is 0.964 bits per heavy atom. The molecular formula is C18H14F5N3O2. The van der Waals surface area contributed by atoms with Gasteiger partial charge in [-0.25, -0.2) is 22.0 Å². The average Bonchev–Trinajstić information content (AvgIpc) is 3.06. The molecule has 148 valence electrons. The normalized spacial score (nSPS) is 16.4. The van der Waals surface area contributed by atoms with Crippen LogP contribution in [0.5, 0.6) is 0 Å². The molecule has 0 unspecified atom stereocenters. The summed E-state index contributed by atoms with van der Waals surface area (Å²) in [5, 5.41) is 0. The molecule has 1 aliphatic heterocycles. The van der Waals surface area contributed by atoms with E-state index in [9.17, 15) is 31.5 Å². The lowest BCUT2D eigenvalue weighted by Gasteiger charge is -2.17. The molecule has 1 fully saturated rings. The Morgan fingerprint density at radius 2 is 1.54 bits per heavy atom. The van der Waals surface area contributed by atoms with Crippen LogP contribution in [-0.4, -0.2) is 23.3 Å². The molecule has 0 bridgehead atoms. The summed E-state index contributed by atoms with van der Waals surface area (Å²) in [6.07, 6.45) is -0.141. The number of carbonyl (C=O) groups excluding carboxylic acids is 2. The van der Waals surface area contributed by atoms with E-state index in [1.807, 2.05) is 23.6 Å². The predicted molar refractivity (Wildman–Crippen MR) is 88.0 cm³/mol. The Bertz CT molecular complexity index is 894. The number of hydrogen-bond donors (Lipinski definition) is 2. The topological polar surface area (TPSA) is 61.4 Å². The highest BCUT2D eigenvalue weighted by Crippen LogP contribution is 2.27. The van der Waals surface area contributed by atoms with Crippen molar-refractivity contribution in [3.05, 3.63) is 65.0 Å². The third-order valence-corrected chi connectivity index (χ3v) is 4.32. The van der Waals surface area contributed by atoms with E-state index in [0.717, 1.165) is 5.56 Å². The first kappa shape index (κ1) is 19.6. The summed E-state index contributed by atoms with van der Waals surface area (Å²) in [7, 11) is 0. The van der Waals surface area contributed by atoms with Crippen molar-refractivity contribution in [1.82, 2.24) is 10.3 Å². The molecular weight excluding hydrogens is 385 g/mol. The van der Waals surface area contributed by atoms with E-state index in [1.54, 1.807) is 17.6 Å². The summed E-state index contributed by atoms with van der Waals surface area (Å²) in [6.45, 7) is 0.340. The van der Waals surface area contributed by atoms with Gasteiger partial charge in [0.2, 0.25) is 17.6 Å². The van der Waals surface area contributed by atoms with E-state index < -0.39 is 46.6 Å². The third kappa shape index (κ3) is 3.75. The lowest BCUT2D eigenvalue weighted by Crippen LogP contribution is -2.37. The number of nitrogens with zero attached hydrogens (tertiary/aromatic N) is 1. The summed E-state index contributed by atoms with van der Waals surface area (Å²) in [5.41, 5.74) is 3.10. The Balaban J connectivity index is 1.64. The third-order valence-electron chi connectivity index (χ3n) is 4.32. The molecule has 2 amide bonds. The quantitative estimate of drug-likeness (QED) is 0.352. The second-order valence-electron chi connectivity index (χ2n) is 6.22. The highest BCUT2D eigenvalue weighted by atomic mass is 19.2. The molecule has 0 aromatic heterocycles. The van der Waals surface area contributed by atoms with Crippen molar-refractivity contribution < 1.29 is 31.5 Å². The zero-order valence-electron chi connectivity index (χ0n) is 14.2. The number of anilines is 1. The number of hydrazine groups is 1. The van der Waals surface area contributed by atoms with Crippen LogP contribution in [0.15, 0.2) is 30.3 Å². The van der Waals surface area contributed by atoms with Gasteiger partial charge in [0.15, 0.2) is 23.3 Å². The molecule has 5 nitrogen and oxygen atoms in total. The second-order valence-corrected chi connectivity index (χ2v) is 6.22. The molecule has 2 aromatic rings. The summed E-state index contributed by atoms with van der Waals surface area (Å²) in [6, 6.07) is 9.04. The molecule has 1 saturated heterocycles. The number of carbonyl (C=O) groups is 2. The van der Waals surface area contributed by atoms with E-state index in [-0.39, 0.29) is 25.4 Å². The summed E-state index contributed by atoms with van der Waals surface area (Å²) in [4.78, 5) is 25.7. The van der Waals surface area contributed by atoms with Gasteiger partial charge in [0.25, 0.3) is 0 Å². The second kappa shape index (κ2) is 7.83. The van der Waals surface area contributed by atoms with Gasteiger partial charge in [-0.1, -0.05) is 30.3 Å². The Morgan fingerprint density at radius 3 is 2.14 bits per heavy atom. The van der Waals surface area contributed by atoms with Crippen molar-refractivity contribution in [2.24, 2.45) is 5.92 Å². The van der Waals surface area contributed by atoms with Gasteiger partial charge in [-0.3, -0.25) is 20.4 Å². The summed E-state index contributed by atoms with van der Waals surface area (Å²) < 4.78 is 66.6. The van der Waals surface area contributed by atoms with Crippen LogP contribution < -0.4 is 10.9 Å². The number of benzene rings is 2. The molecule has 10 heteroatoms. The standard InChI is InChI=1S/C18H14F5N3O2/c19-12-13(20)15(22)17(16(23)14(12)21)24-25-18(28)10-6-11(27)26(8-10)7-9-4-2-1-3-5-9/h1-5,10,24H,6-8H2,(H,25,28)/t10-/m1/s1. The Labute approximate surface area is 156 Å². The average molecular weight is 399 g/mol. The maximum absolute atomic E-state index is 13.6. The molecule has 0 saturated carbocycles. The fraction of sp³-hybridized carbons (Fsp3) is 0.222. The van der Waals surface area contributed by atoms with Gasteiger partial charge in [0.1, 0.15) is 5.69 Å². The highest BCUT2D eigenvalue weighted by Gasteiger charge is 2.34. The molecule has 28 heavy (non-hydrogen) atoms. The monoisotopic (exact) mass is 399 g/mol. The van der Waals surface area contributed by atoms with E-state index in [2.05, 4.69) is 0 Å². The van der Waals surface area contributed by atoms with Crippen LogP contribution in [0, 0.1) is 35.0 Å². The minimum absolute atomic E-state index is 0.0539. The maximum Gasteiger partial charge on any atom is 0.243 e. The van der Waals surface area contributed by atoms with Crippen LogP contribution in [0.4, 0.5) is 27.6 Å². The Hall–Kier alpha value is -3.17. The zero-order valence-corrected chi connectivity index (χ0v) is 14.2. The van der Waals surface area contributed by atoms with Crippen LogP contribution in [-0.2, 0) is 16.1 Å². The number of likely N-dealkylation sites (tertiary alicyclic amines) is 1. The number of hydrogen-bond acceptors (Lipinski definition) is 3. The van der Waals surface area contributed by atoms with Crippen molar-refractivity contribution in [3.8, 4) is 0 Å². The molecule has 1 atom stereocenters. The van der Waals surface area contributed by atoms with Gasteiger partial charge in [-0.2, -0.15) is 0 Å². The first-order valence-corrected chi connectivity index (χ1v) is 8.18. The van der Waals surface area contributed by atoms with E-state index >= 15 is 0 Å². The van der Waals surface area contributed by atoms with Crippen LogP contribution in [0.2, 0.25) is 0 Å². The lowest BCUT2D eigenvalue weighted by molar-refractivity contribution is -0.129. The zero-order chi connectivity index (χ0) is 20.4. The van der Waals surface area contributed by atoms with Crippen molar-refractivity contribution in [2.45, 2.75) is 13.0 Å². The largest absolute Gasteiger partial charge is 0.338 e. The van der Waals surface area contributed by atoms with E-state index in [1.165, 1.54) is 4.90 Å². The number of nitrogens with one attached hydrogen (secondary N) is 2. The molecule has 1 heterocycles. The minimum Gasteiger partial charge on any atom is -0.338 e. The van der Waals surface area contributed by atoms with Crippen molar-refractivity contribution in [3.63, 3.8) is 0 Å². The molecule has 1 aliphatic rings. The van der Waals surface area contributed by atoms with E-state index in [0.29, 0.717) is 0 Å². The van der Waals surface area contributed by atoms with E-state index in [4.69, 9.17) is 0 Å². The van der Waals surface area contributed by atoms with Crippen LogP contribution in [0.3, 0.4) is 0 Å². The lowest BCUT2D eigenvalue weighted by atomic mass is 10.1. The number of rotatable bonds is 5. The predicted octanol–water partition coefficient (Wildman–Crippen LogP) is 2.87. The van der Waals surface area contributed by atoms with Gasteiger partial charge in [-0.05, 0) is 5.56 Å². The highest BCUT2D eigenvalue weighted by molar-refractivity contribution is 5.89. The molecule has 2 aromatic carbocycles. The molecule has 0 aliphatic carbocycles. The molecule has 0 radical (unpaired) electrons. The van der Waals surface area contributed by atoms with Crippen LogP contribution >= 0.6 is 0 Å². The van der Waals surface area contributed by atoms with Gasteiger partial charge in [0, 0.05) is 19.5 Å². The van der Waals surface area contributed by atoms with Crippen LogP contribution in [0.1, 0.15) is 12.0 Å². The summed E-state index contributed by atoms with van der Waals surface area (Å²) in [5.74, 6) is -12.7. The maximum atomic E-state index is 13.6. The fourth-order valence-corrected chi connectivity index (χ4v) is 2.85. The van der Waals surface area contributed by atoms with Gasteiger partial charge < -0.3 is 4.90 Å². The number of amides is 2. The van der Waals surface area contributed by atoms with Crippen molar-refractivity contribution in [1.29, 1.82) is 0 Å². The Kier molecular flexibility index (Phi) is 5.48. The molecule has 3 rings (SSSR count). The van der Waals surface area contributed by atoms with Gasteiger partial charge in [-0.15, -0.1) is 0 Å². The first-order chi connectivity index (χ1) is 13.3. The summed E-state index contributed by atoms with van der Waals surface area (Å²) >= 11 is 0. The van der Waals surface area contributed by atoms with Gasteiger partial charge >= 0.3 is 0 Å². The molecule has 0 spiro atoms. The number of halogens is 5. The van der Waals surface area contributed by atoms with Gasteiger partial charge in [0.05, 0.1) is 5.92 Å². The SMILES string of the molecule is O=C(NNc1c(F)c(F)c(F)c(F)c1F)[C@@H]1CC(=O)N(Cc2ccccc2)C1. The van der Waals surface area contributed by atoms with Crippen LogP contribution in [0.25, 0.3) is 0 Å². The van der Waals surface area contributed by atoms with Crippen molar-refractivity contribution >= 4 is 17.5 Å². The first-order valence-electron chi connectivity index (χ1n) is 8.18.